The van der Waals surface area contributed by atoms with Gasteiger partial charge < -0.3 is 5.11 Å². The van der Waals surface area contributed by atoms with E-state index in [1.54, 1.807) is 6.92 Å². The molecule has 1 N–H and O–H groups in total. The van der Waals surface area contributed by atoms with Crippen molar-refractivity contribution >= 4 is 0 Å². The highest BCUT2D eigenvalue weighted by Gasteiger charge is 2.38. The van der Waals surface area contributed by atoms with E-state index in [1.807, 2.05) is 0 Å². The van der Waals surface area contributed by atoms with E-state index in [0.717, 1.165) is 12.8 Å². The van der Waals surface area contributed by atoms with Gasteiger partial charge in [-0.3, -0.25) is 0 Å². The average Bonchev–Trinajstić information content (AvgIpc) is 2.44. The van der Waals surface area contributed by atoms with Crippen LogP contribution in [-0.4, -0.2) is 10.7 Å². The van der Waals surface area contributed by atoms with Crippen molar-refractivity contribution in [2.75, 3.05) is 0 Å². The highest BCUT2D eigenvalue weighted by molar-refractivity contribution is 5.11. The lowest BCUT2D eigenvalue weighted by atomic mass is 10.0. The molecule has 1 nitrogen and oxygen atoms in total. The molecule has 0 radical (unpaired) electrons. The summed E-state index contributed by atoms with van der Waals surface area (Å²) in [5, 5.41) is 9.23. The summed E-state index contributed by atoms with van der Waals surface area (Å²) in [7, 11) is 0. The first-order valence-electron chi connectivity index (χ1n) is 2.87. The van der Waals surface area contributed by atoms with Gasteiger partial charge in [-0.05, 0) is 25.7 Å². The van der Waals surface area contributed by atoms with Crippen LogP contribution in [0.4, 0.5) is 0 Å². The number of terminal acetylenes is 1. The molecule has 1 atom stereocenters. The first kappa shape index (κ1) is 5.65. The van der Waals surface area contributed by atoms with Crippen LogP contribution in [0.25, 0.3) is 0 Å². The summed E-state index contributed by atoms with van der Waals surface area (Å²) < 4.78 is 0. The van der Waals surface area contributed by atoms with Crippen LogP contribution in [0.5, 0.6) is 0 Å². The maximum atomic E-state index is 9.23. The molecule has 1 heteroatoms. The molecule has 8 heavy (non-hydrogen) atoms. The van der Waals surface area contributed by atoms with E-state index in [2.05, 4.69) is 5.92 Å². The quantitative estimate of drug-likeness (QED) is 0.494. The molecule has 0 amide bonds. The zero-order chi connectivity index (χ0) is 6.20. The molecule has 44 valence electrons. The average molecular weight is 110 g/mol. The molecule has 1 rings (SSSR count). The molecule has 1 aliphatic rings. The van der Waals surface area contributed by atoms with Crippen LogP contribution in [0.1, 0.15) is 19.8 Å². The van der Waals surface area contributed by atoms with E-state index in [9.17, 15) is 5.11 Å². The summed E-state index contributed by atoms with van der Waals surface area (Å²) in [6.45, 7) is 1.70. The van der Waals surface area contributed by atoms with Crippen molar-refractivity contribution in [1.82, 2.24) is 0 Å². The van der Waals surface area contributed by atoms with E-state index >= 15 is 0 Å². The summed E-state index contributed by atoms with van der Waals surface area (Å²) in [5.74, 6) is 2.74. The second-order valence-corrected chi connectivity index (χ2v) is 2.57. The molecule has 1 saturated carbocycles. The third-order valence-electron chi connectivity index (χ3n) is 1.66. The molecule has 0 bridgehead atoms. The van der Waals surface area contributed by atoms with Gasteiger partial charge in [-0.1, -0.05) is 5.92 Å². The number of rotatable bonds is 1. The molecule has 0 spiro atoms. The minimum atomic E-state index is -0.819. The van der Waals surface area contributed by atoms with Crippen molar-refractivity contribution in [3.05, 3.63) is 0 Å². The normalized spacial score (nSPS) is 26.1. The summed E-state index contributed by atoms with van der Waals surface area (Å²) >= 11 is 0. The Labute approximate surface area is 49.7 Å². The van der Waals surface area contributed by atoms with Gasteiger partial charge in [-0.2, -0.15) is 0 Å². The number of aliphatic hydroxyl groups is 1. The lowest BCUT2D eigenvalue weighted by molar-refractivity contribution is 0.0982. The minimum absolute atomic E-state index is 0.382. The molecule has 0 unspecified atom stereocenters. The van der Waals surface area contributed by atoms with Gasteiger partial charge >= 0.3 is 0 Å². The van der Waals surface area contributed by atoms with E-state index in [1.165, 1.54) is 0 Å². The summed E-state index contributed by atoms with van der Waals surface area (Å²) in [5.41, 5.74) is -0.819. The van der Waals surface area contributed by atoms with Gasteiger partial charge in [-0.15, -0.1) is 6.42 Å². The van der Waals surface area contributed by atoms with Gasteiger partial charge in [0.1, 0.15) is 5.60 Å². The van der Waals surface area contributed by atoms with Crippen LogP contribution in [0, 0.1) is 18.3 Å². The Morgan fingerprint density at radius 3 is 2.38 bits per heavy atom. The zero-order valence-corrected chi connectivity index (χ0v) is 5.02. The molecule has 0 aliphatic heterocycles. The number of hydrogen-bond donors (Lipinski definition) is 1. The van der Waals surface area contributed by atoms with Crippen molar-refractivity contribution in [2.45, 2.75) is 25.4 Å². The third kappa shape index (κ3) is 0.850. The highest BCUT2D eigenvalue weighted by atomic mass is 16.3. The third-order valence-corrected chi connectivity index (χ3v) is 1.66. The second-order valence-electron chi connectivity index (χ2n) is 2.57. The molecular formula is C7H10O. The van der Waals surface area contributed by atoms with Crippen LogP contribution in [0.15, 0.2) is 0 Å². The summed E-state index contributed by atoms with van der Waals surface area (Å²) in [6.07, 6.45) is 7.24. The van der Waals surface area contributed by atoms with Crippen LogP contribution in [-0.2, 0) is 0 Å². The first-order valence-corrected chi connectivity index (χ1v) is 2.87. The Morgan fingerprint density at radius 1 is 1.75 bits per heavy atom. The Hall–Kier alpha value is -0.480. The molecule has 0 heterocycles. The fourth-order valence-electron chi connectivity index (χ4n) is 0.763. The van der Waals surface area contributed by atoms with Crippen molar-refractivity contribution in [2.24, 2.45) is 5.92 Å². The molecule has 1 fully saturated rings. The van der Waals surface area contributed by atoms with Crippen molar-refractivity contribution < 1.29 is 5.11 Å². The first-order chi connectivity index (χ1) is 3.67. The largest absolute Gasteiger partial charge is 0.378 e. The lowest BCUT2D eigenvalue weighted by Crippen LogP contribution is -2.23. The maximum absolute atomic E-state index is 9.23. The predicted octanol–water partition coefficient (Wildman–Crippen LogP) is 0.781. The van der Waals surface area contributed by atoms with Gasteiger partial charge in [0.2, 0.25) is 0 Å². The molecule has 0 aromatic heterocycles. The molecule has 0 aromatic rings. The van der Waals surface area contributed by atoms with E-state index in [-0.39, 0.29) is 0 Å². The highest BCUT2D eigenvalue weighted by Crippen LogP contribution is 2.38. The van der Waals surface area contributed by atoms with Crippen LogP contribution in [0.2, 0.25) is 0 Å². The zero-order valence-electron chi connectivity index (χ0n) is 5.02. The van der Waals surface area contributed by atoms with Gasteiger partial charge in [0.15, 0.2) is 0 Å². The monoisotopic (exact) mass is 110 g/mol. The van der Waals surface area contributed by atoms with Crippen LogP contribution in [0.3, 0.4) is 0 Å². The van der Waals surface area contributed by atoms with Gasteiger partial charge in [0, 0.05) is 0 Å². The van der Waals surface area contributed by atoms with E-state index in [4.69, 9.17) is 6.42 Å². The Balaban J connectivity index is 2.53. The van der Waals surface area contributed by atoms with Crippen molar-refractivity contribution in [1.29, 1.82) is 0 Å². The standard InChI is InChI=1S/C7H10O/c1-3-7(2,8)6-4-5-6/h1,6,8H,4-5H2,2H3/t7-/m1/s1. The molecular weight excluding hydrogens is 100 g/mol. The topological polar surface area (TPSA) is 20.2 Å². The van der Waals surface area contributed by atoms with E-state index < -0.39 is 5.60 Å². The second kappa shape index (κ2) is 1.50. The fourth-order valence-corrected chi connectivity index (χ4v) is 0.763. The Bertz CT molecular complexity index is 126. The molecule has 1 aliphatic carbocycles. The van der Waals surface area contributed by atoms with Gasteiger partial charge in [0.05, 0.1) is 0 Å². The van der Waals surface area contributed by atoms with Gasteiger partial charge in [0.25, 0.3) is 0 Å². The fraction of sp³-hybridized carbons (Fsp3) is 0.714. The number of hydrogen-bond acceptors (Lipinski definition) is 1. The predicted molar refractivity (Wildman–Crippen MR) is 32.2 cm³/mol. The Kier molecular flexibility index (Phi) is 1.06. The lowest BCUT2D eigenvalue weighted by Gasteiger charge is -2.13. The maximum Gasteiger partial charge on any atom is 0.125 e. The molecule has 0 saturated heterocycles. The summed E-state index contributed by atoms with van der Waals surface area (Å²) in [4.78, 5) is 0. The molecule has 0 aromatic carbocycles. The summed E-state index contributed by atoms with van der Waals surface area (Å²) in [6, 6.07) is 0. The van der Waals surface area contributed by atoms with Crippen LogP contribution < -0.4 is 0 Å². The van der Waals surface area contributed by atoms with E-state index in [0.29, 0.717) is 5.92 Å². The van der Waals surface area contributed by atoms with Crippen molar-refractivity contribution in [3.8, 4) is 12.3 Å². The van der Waals surface area contributed by atoms with Crippen LogP contribution >= 0.6 is 0 Å². The SMILES string of the molecule is C#C[C@@](C)(O)C1CC1. The Morgan fingerprint density at radius 2 is 2.25 bits per heavy atom. The minimum Gasteiger partial charge on any atom is -0.378 e. The smallest absolute Gasteiger partial charge is 0.125 e. The van der Waals surface area contributed by atoms with Crippen molar-refractivity contribution in [3.63, 3.8) is 0 Å². The van der Waals surface area contributed by atoms with Gasteiger partial charge in [-0.25, -0.2) is 0 Å².